The third kappa shape index (κ3) is 2.46. The van der Waals surface area contributed by atoms with Gasteiger partial charge in [-0.2, -0.15) is 0 Å². The molecule has 0 heterocycles. The summed E-state index contributed by atoms with van der Waals surface area (Å²) in [6.07, 6.45) is 7.90. The molecule has 0 spiro atoms. The molecule has 2 aliphatic rings. The molecule has 0 aliphatic heterocycles. The average molecular weight is 301 g/mol. The van der Waals surface area contributed by atoms with E-state index in [1.54, 1.807) is 7.11 Å². The Labute approximate surface area is 133 Å². The summed E-state index contributed by atoms with van der Waals surface area (Å²) >= 11 is 0. The fourth-order valence-electron chi connectivity index (χ4n) is 4.44. The van der Waals surface area contributed by atoms with Gasteiger partial charge in [0.1, 0.15) is 11.4 Å². The SMILES string of the molecule is C=CCN[C@H]1C2CCCC[C@]1(OC)c1cc(OC)ccc1C2. The molecule has 0 aromatic heterocycles. The summed E-state index contributed by atoms with van der Waals surface area (Å²) < 4.78 is 11.7. The van der Waals surface area contributed by atoms with E-state index < -0.39 is 0 Å². The van der Waals surface area contributed by atoms with Gasteiger partial charge in [0.2, 0.25) is 0 Å². The Kier molecular flexibility index (Phi) is 4.55. The number of ether oxygens (including phenoxy) is 2. The molecule has 0 saturated heterocycles. The fraction of sp³-hybridized carbons (Fsp3) is 0.579. The highest BCUT2D eigenvalue weighted by molar-refractivity contribution is 5.43. The molecule has 3 heteroatoms. The molecule has 22 heavy (non-hydrogen) atoms. The number of hydrogen-bond donors (Lipinski definition) is 1. The lowest BCUT2D eigenvalue weighted by atomic mass is 9.69. The van der Waals surface area contributed by atoms with Crippen molar-refractivity contribution < 1.29 is 9.47 Å². The Morgan fingerprint density at radius 1 is 1.36 bits per heavy atom. The zero-order valence-corrected chi connectivity index (χ0v) is 13.7. The molecular weight excluding hydrogens is 274 g/mol. The summed E-state index contributed by atoms with van der Waals surface area (Å²) in [5.74, 6) is 1.55. The second-order valence-corrected chi connectivity index (χ2v) is 6.50. The summed E-state index contributed by atoms with van der Waals surface area (Å²) in [4.78, 5) is 0. The van der Waals surface area contributed by atoms with Crippen LogP contribution in [0.15, 0.2) is 30.9 Å². The van der Waals surface area contributed by atoms with E-state index in [0.717, 1.165) is 25.1 Å². The minimum atomic E-state index is -0.244. The molecular formula is C19H27NO2. The van der Waals surface area contributed by atoms with Crippen LogP contribution in [0.5, 0.6) is 5.75 Å². The van der Waals surface area contributed by atoms with Crippen molar-refractivity contribution in [3.63, 3.8) is 0 Å². The van der Waals surface area contributed by atoms with Gasteiger partial charge in [0.05, 0.1) is 7.11 Å². The first kappa shape index (κ1) is 15.6. The minimum absolute atomic E-state index is 0.244. The van der Waals surface area contributed by atoms with Crippen LogP contribution in [-0.4, -0.2) is 26.8 Å². The number of nitrogens with one attached hydrogen (secondary N) is 1. The molecule has 3 nitrogen and oxygen atoms in total. The Morgan fingerprint density at radius 2 is 2.23 bits per heavy atom. The molecule has 3 atom stereocenters. The van der Waals surface area contributed by atoms with Gasteiger partial charge in [-0.05, 0) is 48.4 Å². The predicted molar refractivity (Wildman–Crippen MR) is 89.3 cm³/mol. The molecule has 1 fully saturated rings. The van der Waals surface area contributed by atoms with Crippen LogP contribution in [0, 0.1) is 5.92 Å². The first-order valence-electron chi connectivity index (χ1n) is 8.32. The summed E-state index contributed by atoms with van der Waals surface area (Å²) in [6, 6.07) is 6.83. The van der Waals surface area contributed by atoms with Crippen molar-refractivity contribution in [2.45, 2.75) is 43.7 Å². The van der Waals surface area contributed by atoms with Crippen molar-refractivity contribution in [1.82, 2.24) is 5.32 Å². The quantitative estimate of drug-likeness (QED) is 0.845. The van der Waals surface area contributed by atoms with Gasteiger partial charge in [-0.3, -0.25) is 0 Å². The van der Waals surface area contributed by atoms with Crippen LogP contribution in [0.4, 0.5) is 0 Å². The number of fused-ring (bicyclic) bond motifs is 4. The van der Waals surface area contributed by atoms with Gasteiger partial charge in [0.15, 0.2) is 0 Å². The molecule has 0 amide bonds. The molecule has 1 saturated carbocycles. The normalized spacial score (nSPS) is 30.3. The first-order valence-corrected chi connectivity index (χ1v) is 8.32. The smallest absolute Gasteiger partial charge is 0.119 e. The van der Waals surface area contributed by atoms with Crippen LogP contribution in [0.2, 0.25) is 0 Å². The predicted octanol–water partition coefficient (Wildman–Crippen LogP) is 3.43. The molecule has 1 aromatic rings. The van der Waals surface area contributed by atoms with Gasteiger partial charge in [-0.15, -0.1) is 6.58 Å². The summed E-state index contributed by atoms with van der Waals surface area (Å²) in [5.41, 5.74) is 2.49. The molecule has 1 unspecified atom stereocenters. The van der Waals surface area contributed by atoms with Crippen molar-refractivity contribution in [1.29, 1.82) is 0 Å². The minimum Gasteiger partial charge on any atom is -0.497 e. The molecule has 3 rings (SSSR count). The largest absolute Gasteiger partial charge is 0.497 e. The van der Waals surface area contributed by atoms with Crippen LogP contribution in [0.3, 0.4) is 0 Å². The van der Waals surface area contributed by atoms with Gasteiger partial charge in [0.25, 0.3) is 0 Å². The molecule has 0 radical (unpaired) electrons. The molecule has 1 aromatic carbocycles. The highest BCUT2D eigenvalue weighted by atomic mass is 16.5. The molecule has 120 valence electrons. The Balaban J connectivity index is 2.10. The summed E-state index contributed by atoms with van der Waals surface area (Å²) in [5, 5.41) is 3.70. The third-order valence-electron chi connectivity index (χ3n) is 5.45. The molecule has 2 bridgehead atoms. The van der Waals surface area contributed by atoms with Gasteiger partial charge < -0.3 is 14.8 Å². The van der Waals surface area contributed by atoms with Crippen LogP contribution < -0.4 is 10.1 Å². The van der Waals surface area contributed by atoms with Crippen LogP contribution in [0.1, 0.15) is 36.8 Å². The third-order valence-corrected chi connectivity index (χ3v) is 5.45. The number of methoxy groups -OCH3 is 2. The van der Waals surface area contributed by atoms with E-state index in [1.807, 2.05) is 13.2 Å². The van der Waals surface area contributed by atoms with E-state index >= 15 is 0 Å². The van der Waals surface area contributed by atoms with Crippen LogP contribution >= 0.6 is 0 Å². The average Bonchev–Trinajstić information content (AvgIpc) is 2.68. The standard InChI is InChI=1S/C19H27NO2/c1-4-11-20-18-15-7-5-6-10-19(18,22-3)17-13-16(21-2)9-8-14(17)12-15/h4,8-9,13,15,18,20H,1,5-7,10-12H2,2-3H3/t15?,18-,19-/m0/s1. The molecule has 1 N–H and O–H groups in total. The maximum absolute atomic E-state index is 6.21. The highest BCUT2D eigenvalue weighted by Gasteiger charge is 2.49. The van der Waals surface area contributed by atoms with Crippen molar-refractivity contribution in [2.24, 2.45) is 5.92 Å². The highest BCUT2D eigenvalue weighted by Crippen LogP contribution is 2.48. The van der Waals surface area contributed by atoms with Crippen molar-refractivity contribution in [2.75, 3.05) is 20.8 Å². The van der Waals surface area contributed by atoms with E-state index in [1.165, 1.54) is 30.4 Å². The lowest BCUT2D eigenvalue weighted by Crippen LogP contribution is -2.56. The summed E-state index contributed by atoms with van der Waals surface area (Å²) in [6.45, 7) is 4.68. The van der Waals surface area contributed by atoms with E-state index in [2.05, 4.69) is 30.1 Å². The second-order valence-electron chi connectivity index (χ2n) is 6.50. The van der Waals surface area contributed by atoms with E-state index in [4.69, 9.17) is 9.47 Å². The van der Waals surface area contributed by atoms with E-state index in [9.17, 15) is 0 Å². The Hall–Kier alpha value is -1.32. The van der Waals surface area contributed by atoms with Crippen LogP contribution in [0.25, 0.3) is 0 Å². The Morgan fingerprint density at radius 3 is 2.95 bits per heavy atom. The lowest BCUT2D eigenvalue weighted by Gasteiger charge is -2.47. The van der Waals surface area contributed by atoms with Gasteiger partial charge in [-0.1, -0.05) is 25.0 Å². The number of rotatable bonds is 5. The zero-order chi connectivity index (χ0) is 15.6. The molecule has 2 aliphatic carbocycles. The Bertz CT molecular complexity index is 542. The van der Waals surface area contributed by atoms with Gasteiger partial charge >= 0.3 is 0 Å². The maximum atomic E-state index is 6.21. The maximum Gasteiger partial charge on any atom is 0.119 e. The summed E-state index contributed by atoms with van der Waals surface area (Å²) in [7, 11) is 3.59. The van der Waals surface area contributed by atoms with E-state index in [-0.39, 0.29) is 5.60 Å². The van der Waals surface area contributed by atoms with Crippen molar-refractivity contribution in [3.8, 4) is 5.75 Å². The monoisotopic (exact) mass is 301 g/mol. The zero-order valence-electron chi connectivity index (χ0n) is 13.7. The topological polar surface area (TPSA) is 30.5 Å². The number of benzene rings is 1. The van der Waals surface area contributed by atoms with Gasteiger partial charge in [-0.25, -0.2) is 0 Å². The van der Waals surface area contributed by atoms with Crippen LogP contribution in [-0.2, 0) is 16.8 Å². The van der Waals surface area contributed by atoms with E-state index in [0.29, 0.717) is 12.0 Å². The fourth-order valence-corrected chi connectivity index (χ4v) is 4.44. The number of hydrogen-bond acceptors (Lipinski definition) is 3. The van der Waals surface area contributed by atoms with Crippen molar-refractivity contribution >= 4 is 0 Å². The van der Waals surface area contributed by atoms with Gasteiger partial charge in [0, 0.05) is 19.7 Å². The first-order chi connectivity index (χ1) is 10.7. The lowest BCUT2D eigenvalue weighted by molar-refractivity contribution is -0.0707. The van der Waals surface area contributed by atoms with Crippen molar-refractivity contribution in [3.05, 3.63) is 42.0 Å². The second kappa shape index (κ2) is 6.43.